The average molecular weight is 547 g/mol. The number of rotatable bonds is 11. The lowest BCUT2D eigenvalue weighted by molar-refractivity contribution is -0.153. The largest absolute Gasteiger partial charge is 0.497 e. The van der Waals surface area contributed by atoms with Gasteiger partial charge >= 0.3 is 5.97 Å². The summed E-state index contributed by atoms with van der Waals surface area (Å²) in [6.07, 6.45) is 3.31. The Morgan fingerprint density at radius 1 is 1.24 bits per heavy atom. The molecule has 2 aromatic carbocycles. The maximum Gasteiger partial charge on any atom is 0.309 e. The number of aromatic nitrogens is 1. The van der Waals surface area contributed by atoms with Crippen molar-refractivity contribution in [2.75, 3.05) is 32.5 Å². The number of methoxy groups -OCH3 is 1. The van der Waals surface area contributed by atoms with Crippen molar-refractivity contribution in [2.24, 2.45) is 5.41 Å². The Balaban J connectivity index is 1.32. The third-order valence-electron chi connectivity index (χ3n) is 7.27. The van der Waals surface area contributed by atoms with Crippen molar-refractivity contribution in [3.05, 3.63) is 65.1 Å². The van der Waals surface area contributed by atoms with Crippen LogP contribution in [-0.2, 0) is 4.79 Å². The fourth-order valence-corrected chi connectivity index (χ4v) is 6.09. The molecule has 2 N–H and O–H groups in total. The van der Waals surface area contributed by atoms with Crippen LogP contribution in [0.3, 0.4) is 0 Å². The minimum Gasteiger partial charge on any atom is -0.497 e. The van der Waals surface area contributed by atoms with Crippen molar-refractivity contribution in [1.82, 2.24) is 9.88 Å². The Morgan fingerprint density at radius 3 is 2.65 bits per heavy atom. The molecule has 1 aliphatic rings. The van der Waals surface area contributed by atoms with Gasteiger partial charge in [-0.05, 0) is 100.0 Å². The van der Waals surface area contributed by atoms with Crippen molar-refractivity contribution in [3.63, 3.8) is 0 Å². The molecule has 0 amide bonds. The molecular formula is C28H32ClFN2O4S. The molecule has 1 aliphatic heterocycles. The van der Waals surface area contributed by atoms with Crippen LogP contribution in [0.5, 0.6) is 5.75 Å². The average Bonchev–Trinajstić information content (AvgIpc) is 2.91. The molecule has 1 unspecified atom stereocenters. The molecule has 0 bridgehead atoms. The Morgan fingerprint density at radius 2 is 1.97 bits per heavy atom. The van der Waals surface area contributed by atoms with Crippen LogP contribution in [-0.4, -0.2) is 58.6 Å². The van der Waals surface area contributed by atoms with Crippen LogP contribution < -0.4 is 4.74 Å². The van der Waals surface area contributed by atoms with Crippen LogP contribution in [0.15, 0.2) is 53.6 Å². The molecule has 1 fully saturated rings. The third-order valence-corrected chi connectivity index (χ3v) is 8.67. The van der Waals surface area contributed by atoms with Gasteiger partial charge in [-0.3, -0.25) is 9.78 Å². The molecule has 0 aliphatic carbocycles. The first-order valence-electron chi connectivity index (χ1n) is 12.5. The number of aliphatic hydroxyl groups is 1. The first-order valence-corrected chi connectivity index (χ1v) is 13.8. The number of piperidine rings is 1. The van der Waals surface area contributed by atoms with Crippen molar-refractivity contribution >= 4 is 40.2 Å². The maximum absolute atomic E-state index is 13.0. The van der Waals surface area contributed by atoms with E-state index in [4.69, 9.17) is 16.3 Å². The number of carboxylic acid groups (broad SMARTS) is 1. The summed E-state index contributed by atoms with van der Waals surface area (Å²) in [5.74, 6) is 0.516. The molecule has 198 valence electrons. The van der Waals surface area contributed by atoms with E-state index in [1.165, 1.54) is 18.3 Å². The van der Waals surface area contributed by atoms with E-state index in [1.54, 1.807) is 43.1 Å². The van der Waals surface area contributed by atoms with Gasteiger partial charge in [-0.25, -0.2) is 4.39 Å². The molecule has 1 saturated heterocycles. The highest BCUT2D eigenvalue weighted by Crippen LogP contribution is 2.41. The number of carbonyl (C=O) groups is 1. The molecular weight excluding hydrogens is 515 g/mol. The molecule has 9 heteroatoms. The van der Waals surface area contributed by atoms with E-state index in [1.807, 2.05) is 6.07 Å². The third kappa shape index (κ3) is 6.74. The van der Waals surface area contributed by atoms with Gasteiger partial charge in [0.15, 0.2) is 0 Å². The minimum absolute atomic E-state index is 0.232. The predicted octanol–water partition coefficient (Wildman–Crippen LogP) is 6.20. The number of pyridine rings is 1. The molecule has 0 spiro atoms. The van der Waals surface area contributed by atoms with Crippen LogP contribution in [0.1, 0.15) is 43.8 Å². The highest BCUT2D eigenvalue weighted by Gasteiger charge is 2.41. The number of benzene rings is 2. The van der Waals surface area contributed by atoms with Gasteiger partial charge in [0.25, 0.3) is 0 Å². The fraction of sp³-hybridized carbons (Fsp3) is 0.429. The van der Waals surface area contributed by atoms with Crippen molar-refractivity contribution in [3.8, 4) is 5.75 Å². The monoisotopic (exact) mass is 546 g/mol. The normalized spacial score (nSPS) is 16.5. The second kappa shape index (κ2) is 12.4. The standard InChI is InChI=1S/C28H32ClFN2O4S/c1-36-20-5-8-24-22(17-20)26(23(29)18-31-24)25(33)9-10-28(27(34)35)11-14-32(15-12-28)13-2-16-37-21-6-3-19(30)4-7-21/h3-8,17-18,25,33H,2,9-16H2,1H3,(H,34,35). The minimum atomic E-state index is -0.914. The van der Waals surface area contributed by atoms with Crippen molar-refractivity contribution in [1.29, 1.82) is 0 Å². The molecule has 0 radical (unpaired) electrons. The summed E-state index contributed by atoms with van der Waals surface area (Å²) >= 11 is 8.13. The van der Waals surface area contributed by atoms with Crippen LogP contribution in [0, 0.1) is 11.2 Å². The summed E-state index contributed by atoms with van der Waals surface area (Å²) in [4.78, 5) is 20.0. The molecule has 0 saturated carbocycles. The lowest BCUT2D eigenvalue weighted by Crippen LogP contribution is -2.44. The Hall–Kier alpha value is -2.39. The topological polar surface area (TPSA) is 82.9 Å². The fourth-order valence-electron chi connectivity index (χ4n) is 4.98. The smallest absolute Gasteiger partial charge is 0.309 e. The number of nitrogens with zero attached hydrogens (tertiary/aromatic N) is 2. The van der Waals surface area contributed by atoms with E-state index < -0.39 is 17.5 Å². The number of aliphatic hydroxyl groups excluding tert-OH is 1. The summed E-state index contributed by atoms with van der Waals surface area (Å²) in [5.41, 5.74) is 0.383. The van der Waals surface area contributed by atoms with E-state index in [9.17, 15) is 19.4 Å². The molecule has 2 heterocycles. The van der Waals surface area contributed by atoms with Gasteiger partial charge in [-0.1, -0.05) is 11.6 Å². The van der Waals surface area contributed by atoms with Gasteiger partial charge < -0.3 is 19.8 Å². The molecule has 4 rings (SSSR count). The SMILES string of the molecule is COc1ccc2ncc(Cl)c(C(O)CCC3(C(=O)O)CCN(CCCSc4ccc(F)cc4)CC3)c2c1. The van der Waals surface area contributed by atoms with Gasteiger partial charge in [0.05, 0.1) is 29.2 Å². The Kier molecular flexibility index (Phi) is 9.29. The van der Waals surface area contributed by atoms with Crippen molar-refractivity contribution in [2.45, 2.75) is 43.1 Å². The first kappa shape index (κ1) is 27.6. The van der Waals surface area contributed by atoms with E-state index in [0.717, 1.165) is 23.6 Å². The number of halogens is 2. The summed E-state index contributed by atoms with van der Waals surface area (Å²) in [6, 6.07) is 11.9. The van der Waals surface area contributed by atoms with Gasteiger partial charge in [0.2, 0.25) is 0 Å². The number of ether oxygens (including phenoxy) is 1. The van der Waals surface area contributed by atoms with Crippen molar-refractivity contribution < 1.29 is 24.1 Å². The summed E-state index contributed by atoms with van der Waals surface area (Å²) in [6.45, 7) is 2.31. The summed E-state index contributed by atoms with van der Waals surface area (Å²) < 4.78 is 18.4. The number of hydrogen-bond acceptors (Lipinski definition) is 6. The van der Waals surface area contributed by atoms with Gasteiger partial charge in [0, 0.05) is 22.0 Å². The number of aliphatic carboxylic acids is 1. The molecule has 3 aromatic rings. The number of fused-ring (bicyclic) bond motifs is 1. The quantitative estimate of drug-likeness (QED) is 0.219. The number of carboxylic acids is 1. The highest BCUT2D eigenvalue weighted by atomic mass is 35.5. The number of thioether (sulfide) groups is 1. The molecule has 37 heavy (non-hydrogen) atoms. The molecule has 1 atom stereocenters. The summed E-state index contributed by atoms with van der Waals surface area (Å²) in [5, 5.41) is 22.3. The lowest BCUT2D eigenvalue weighted by atomic mass is 9.74. The predicted molar refractivity (Wildman–Crippen MR) is 145 cm³/mol. The van der Waals surface area contributed by atoms with E-state index >= 15 is 0 Å². The van der Waals surface area contributed by atoms with E-state index in [-0.39, 0.29) is 12.2 Å². The van der Waals surface area contributed by atoms with Gasteiger partial charge in [0.1, 0.15) is 11.6 Å². The second-order valence-electron chi connectivity index (χ2n) is 9.54. The maximum atomic E-state index is 13.0. The summed E-state index contributed by atoms with van der Waals surface area (Å²) in [7, 11) is 1.57. The number of likely N-dealkylation sites (tertiary alicyclic amines) is 1. The second-order valence-corrected chi connectivity index (χ2v) is 11.1. The zero-order valence-corrected chi connectivity index (χ0v) is 22.4. The number of hydrogen-bond donors (Lipinski definition) is 2. The van der Waals surface area contributed by atoms with Crippen LogP contribution in [0.4, 0.5) is 4.39 Å². The first-order chi connectivity index (χ1) is 17.8. The van der Waals surface area contributed by atoms with Crippen LogP contribution in [0.25, 0.3) is 10.9 Å². The van der Waals surface area contributed by atoms with E-state index in [0.29, 0.717) is 59.6 Å². The van der Waals surface area contributed by atoms with E-state index in [2.05, 4.69) is 9.88 Å². The van der Waals surface area contributed by atoms with Gasteiger partial charge in [-0.15, -0.1) is 11.8 Å². The van der Waals surface area contributed by atoms with Crippen LogP contribution >= 0.6 is 23.4 Å². The van der Waals surface area contributed by atoms with Gasteiger partial charge in [-0.2, -0.15) is 0 Å². The molecule has 6 nitrogen and oxygen atoms in total. The Labute approximate surface area is 225 Å². The molecule has 1 aromatic heterocycles. The zero-order valence-electron chi connectivity index (χ0n) is 20.8. The lowest BCUT2D eigenvalue weighted by Gasteiger charge is -2.39. The Bertz CT molecular complexity index is 1220. The highest BCUT2D eigenvalue weighted by molar-refractivity contribution is 7.99. The zero-order chi connectivity index (χ0) is 26.4. The van der Waals surface area contributed by atoms with Crippen LogP contribution in [0.2, 0.25) is 5.02 Å².